The normalized spacial score (nSPS) is 11.2. The van der Waals surface area contributed by atoms with Crippen LogP contribution in [0.2, 0.25) is 5.02 Å². The topological polar surface area (TPSA) is 61.1 Å². The van der Waals surface area contributed by atoms with Gasteiger partial charge in [0.2, 0.25) is 0 Å². The smallest absolute Gasteiger partial charge is 0.271 e. The number of anilines is 2. The summed E-state index contributed by atoms with van der Waals surface area (Å²) in [7, 11) is 3.31. The number of hydrogen-bond donors (Lipinski definition) is 1. The molecule has 0 fully saturated rings. The molecule has 6 nitrogen and oxygen atoms in total. The second-order valence-electron chi connectivity index (χ2n) is 5.63. The molecule has 0 saturated heterocycles. The van der Waals surface area contributed by atoms with Crippen molar-refractivity contribution in [3.05, 3.63) is 51.5 Å². The molecule has 1 aromatic carbocycles. The van der Waals surface area contributed by atoms with Gasteiger partial charge in [-0.2, -0.15) is 5.10 Å². The molecule has 0 unspecified atom stereocenters. The van der Waals surface area contributed by atoms with E-state index in [1.165, 1.54) is 4.68 Å². The van der Waals surface area contributed by atoms with Crippen molar-refractivity contribution in [2.24, 2.45) is 7.05 Å². The standard InChI is InChI=1S/C17H19ClN4O2/c1-11-15(9-19-21(2)17(11)23)20-12-4-5-16-13(8-12)14(18)10-22(16)6-7-24-3/h4-5,8-10,20H,6-7H2,1-3H3. The molecule has 1 N–H and O–H groups in total. The van der Waals surface area contributed by atoms with Gasteiger partial charge in [-0.05, 0) is 25.1 Å². The zero-order chi connectivity index (χ0) is 17.3. The van der Waals surface area contributed by atoms with Crippen molar-refractivity contribution in [1.29, 1.82) is 0 Å². The third-order valence-electron chi connectivity index (χ3n) is 4.03. The van der Waals surface area contributed by atoms with Gasteiger partial charge in [0.1, 0.15) is 0 Å². The van der Waals surface area contributed by atoms with Gasteiger partial charge in [0.05, 0.1) is 23.5 Å². The van der Waals surface area contributed by atoms with Crippen molar-refractivity contribution in [2.75, 3.05) is 19.0 Å². The van der Waals surface area contributed by atoms with Gasteiger partial charge < -0.3 is 14.6 Å². The van der Waals surface area contributed by atoms with E-state index in [9.17, 15) is 4.79 Å². The number of nitrogens with one attached hydrogen (secondary N) is 1. The van der Waals surface area contributed by atoms with Gasteiger partial charge in [-0.15, -0.1) is 0 Å². The Balaban J connectivity index is 1.96. The number of ether oxygens (including phenoxy) is 1. The van der Waals surface area contributed by atoms with Crippen molar-refractivity contribution in [3.63, 3.8) is 0 Å². The Labute approximate surface area is 144 Å². The van der Waals surface area contributed by atoms with Gasteiger partial charge in [0.25, 0.3) is 5.56 Å². The predicted molar refractivity (Wildman–Crippen MR) is 96.3 cm³/mol. The lowest BCUT2D eigenvalue weighted by molar-refractivity contribution is 0.188. The molecule has 0 aliphatic heterocycles. The molecule has 3 rings (SSSR count). The first-order chi connectivity index (χ1) is 11.5. The van der Waals surface area contributed by atoms with Crippen LogP contribution in [0.15, 0.2) is 35.4 Å². The Bertz CT molecular complexity index is 946. The Hall–Kier alpha value is -2.31. The summed E-state index contributed by atoms with van der Waals surface area (Å²) in [5.74, 6) is 0. The van der Waals surface area contributed by atoms with E-state index in [1.807, 2.05) is 24.4 Å². The molecule has 0 radical (unpaired) electrons. The van der Waals surface area contributed by atoms with Gasteiger partial charge >= 0.3 is 0 Å². The summed E-state index contributed by atoms with van der Waals surface area (Å²) in [6.07, 6.45) is 3.55. The number of nitrogens with zero attached hydrogens (tertiary/aromatic N) is 3. The summed E-state index contributed by atoms with van der Waals surface area (Å²) in [6.45, 7) is 3.14. The van der Waals surface area contributed by atoms with E-state index < -0.39 is 0 Å². The highest BCUT2D eigenvalue weighted by atomic mass is 35.5. The fourth-order valence-corrected chi connectivity index (χ4v) is 2.91. The van der Waals surface area contributed by atoms with Crippen molar-refractivity contribution in [2.45, 2.75) is 13.5 Å². The van der Waals surface area contributed by atoms with Gasteiger partial charge in [0.15, 0.2) is 0 Å². The van der Waals surface area contributed by atoms with Crippen LogP contribution in [0.25, 0.3) is 10.9 Å². The van der Waals surface area contributed by atoms with Gasteiger partial charge in [-0.25, -0.2) is 4.68 Å². The average molecular weight is 347 g/mol. The molecular weight excluding hydrogens is 328 g/mol. The number of aryl methyl sites for hydroxylation is 1. The van der Waals surface area contributed by atoms with Crippen LogP contribution >= 0.6 is 11.6 Å². The predicted octanol–water partition coefficient (Wildman–Crippen LogP) is 3.09. The molecule has 126 valence electrons. The maximum absolute atomic E-state index is 12.0. The van der Waals surface area contributed by atoms with E-state index in [0.717, 1.165) is 23.1 Å². The van der Waals surface area contributed by atoms with E-state index in [0.29, 0.717) is 22.9 Å². The average Bonchev–Trinajstić information content (AvgIpc) is 2.89. The Morgan fingerprint density at radius 1 is 1.38 bits per heavy atom. The molecule has 0 aliphatic rings. The number of rotatable bonds is 5. The number of fused-ring (bicyclic) bond motifs is 1. The highest BCUT2D eigenvalue weighted by Gasteiger charge is 2.10. The Morgan fingerprint density at radius 2 is 2.17 bits per heavy atom. The Kier molecular flexibility index (Phi) is 4.59. The molecule has 3 aromatic rings. The van der Waals surface area contributed by atoms with Crippen LogP contribution in [0, 0.1) is 6.92 Å². The summed E-state index contributed by atoms with van der Waals surface area (Å²) in [4.78, 5) is 12.0. The third kappa shape index (κ3) is 3.02. The molecule has 0 saturated carbocycles. The molecule has 7 heteroatoms. The number of methoxy groups -OCH3 is 1. The van der Waals surface area contributed by atoms with Gasteiger partial charge in [-0.3, -0.25) is 4.79 Å². The highest BCUT2D eigenvalue weighted by molar-refractivity contribution is 6.35. The highest BCUT2D eigenvalue weighted by Crippen LogP contribution is 2.29. The number of hydrogen-bond acceptors (Lipinski definition) is 4. The zero-order valence-electron chi connectivity index (χ0n) is 13.8. The quantitative estimate of drug-likeness (QED) is 0.771. The largest absolute Gasteiger partial charge is 0.383 e. The first kappa shape index (κ1) is 16.5. The lowest BCUT2D eigenvalue weighted by Crippen LogP contribution is -2.22. The van der Waals surface area contributed by atoms with E-state index in [2.05, 4.69) is 15.0 Å². The second kappa shape index (κ2) is 6.67. The molecule has 2 aromatic heterocycles. The fourth-order valence-electron chi connectivity index (χ4n) is 2.64. The molecule has 0 atom stereocenters. The molecule has 0 bridgehead atoms. The molecule has 24 heavy (non-hydrogen) atoms. The van der Waals surface area contributed by atoms with Crippen molar-refractivity contribution >= 4 is 33.9 Å². The van der Waals surface area contributed by atoms with Crippen LogP contribution in [-0.4, -0.2) is 28.1 Å². The van der Waals surface area contributed by atoms with Crippen molar-refractivity contribution < 1.29 is 4.74 Å². The maximum Gasteiger partial charge on any atom is 0.271 e. The molecule has 0 amide bonds. The minimum Gasteiger partial charge on any atom is -0.383 e. The third-order valence-corrected chi connectivity index (χ3v) is 4.33. The fraction of sp³-hybridized carbons (Fsp3) is 0.294. The van der Waals surface area contributed by atoms with Crippen LogP contribution in [0.3, 0.4) is 0 Å². The number of benzene rings is 1. The van der Waals surface area contributed by atoms with E-state index >= 15 is 0 Å². The van der Waals surface area contributed by atoms with E-state index in [1.54, 1.807) is 27.3 Å². The van der Waals surface area contributed by atoms with Crippen LogP contribution in [-0.2, 0) is 18.3 Å². The summed E-state index contributed by atoms with van der Waals surface area (Å²) >= 11 is 6.35. The Morgan fingerprint density at radius 3 is 2.92 bits per heavy atom. The van der Waals surface area contributed by atoms with E-state index in [4.69, 9.17) is 16.3 Å². The van der Waals surface area contributed by atoms with Crippen LogP contribution in [0.4, 0.5) is 11.4 Å². The molecular formula is C17H19ClN4O2. The molecule has 0 spiro atoms. The summed E-state index contributed by atoms with van der Waals surface area (Å²) in [6, 6.07) is 5.93. The SMILES string of the molecule is COCCn1cc(Cl)c2cc(Nc3cnn(C)c(=O)c3C)ccc21. The van der Waals surface area contributed by atoms with Crippen LogP contribution < -0.4 is 10.9 Å². The minimum absolute atomic E-state index is 0.121. The second-order valence-corrected chi connectivity index (χ2v) is 6.04. The summed E-state index contributed by atoms with van der Waals surface area (Å²) in [5, 5.41) is 8.93. The molecule has 0 aliphatic carbocycles. The van der Waals surface area contributed by atoms with E-state index in [-0.39, 0.29) is 5.56 Å². The maximum atomic E-state index is 12.0. The van der Waals surface area contributed by atoms with Gasteiger partial charge in [0, 0.05) is 49.1 Å². The summed E-state index contributed by atoms with van der Waals surface area (Å²) in [5.41, 5.74) is 3.09. The van der Waals surface area contributed by atoms with Crippen LogP contribution in [0.1, 0.15) is 5.56 Å². The van der Waals surface area contributed by atoms with Crippen molar-refractivity contribution in [3.8, 4) is 0 Å². The monoisotopic (exact) mass is 346 g/mol. The summed E-state index contributed by atoms with van der Waals surface area (Å²) < 4.78 is 8.51. The van der Waals surface area contributed by atoms with Crippen LogP contribution in [0.5, 0.6) is 0 Å². The lowest BCUT2D eigenvalue weighted by Gasteiger charge is -2.10. The lowest BCUT2D eigenvalue weighted by atomic mass is 10.2. The van der Waals surface area contributed by atoms with Gasteiger partial charge in [-0.1, -0.05) is 11.6 Å². The minimum atomic E-state index is -0.121. The number of halogens is 1. The first-order valence-electron chi connectivity index (χ1n) is 7.58. The van der Waals surface area contributed by atoms with Crippen molar-refractivity contribution in [1.82, 2.24) is 14.3 Å². The number of aromatic nitrogens is 3. The zero-order valence-corrected chi connectivity index (χ0v) is 14.6. The first-order valence-corrected chi connectivity index (χ1v) is 7.96. The molecule has 2 heterocycles.